The fraction of sp³-hybridized carbons (Fsp3) is 0.455. The average Bonchev–Trinajstić information content (AvgIpc) is 2.84. The molecule has 1 aromatic carbocycles. The van der Waals surface area contributed by atoms with Gasteiger partial charge in [-0.3, -0.25) is 14.7 Å². The van der Waals surface area contributed by atoms with Crippen LogP contribution in [0.1, 0.15) is 43.2 Å². The number of likely N-dealkylation sites (tertiary alicyclic amines) is 2. The Labute approximate surface area is 160 Å². The van der Waals surface area contributed by atoms with Gasteiger partial charge >= 0.3 is 0 Å². The number of carbonyl (C=O) groups excluding carboxylic acids is 1. The molecule has 4 rings (SSSR count). The molecule has 2 aliphatic heterocycles. The van der Waals surface area contributed by atoms with Gasteiger partial charge in [0.1, 0.15) is 5.82 Å². The Hall–Kier alpha value is -2.27. The van der Waals surface area contributed by atoms with E-state index in [4.69, 9.17) is 0 Å². The first-order valence-electron chi connectivity index (χ1n) is 9.81. The lowest BCUT2D eigenvalue weighted by Crippen LogP contribution is -2.45. The standard InChI is InChI=1S/C22H26FN3O/c23-20-6-1-4-18(14-20)17-26-21(27)7-9-22(26)8-3-12-25(13-10-22)16-19-5-2-11-24-15-19/h1-2,4-6,11,14-15H,3,7-10,12-13,16-17H2/t22-/m1/s1. The highest BCUT2D eigenvalue weighted by Crippen LogP contribution is 2.40. The summed E-state index contributed by atoms with van der Waals surface area (Å²) in [5.74, 6) is -0.0309. The Balaban J connectivity index is 1.47. The van der Waals surface area contributed by atoms with E-state index >= 15 is 0 Å². The normalized spacial score (nSPS) is 23.7. The van der Waals surface area contributed by atoms with Gasteiger partial charge in [0.05, 0.1) is 0 Å². The van der Waals surface area contributed by atoms with Crippen molar-refractivity contribution < 1.29 is 9.18 Å². The maximum absolute atomic E-state index is 13.6. The van der Waals surface area contributed by atoms with Crippen molar-refractivity contribution in [2.45, 2.75) is 50.7 Å². The molecule has 0 aliphatic carbocycles. The van der Waals surface area contributed by atoms with Gasteiger partial charge in [-0.15, -0.1) is 0 Å². The van der Waals surface area contributed by atoms with Gasteiger partial charge in [-0.25, -0.2) is 4.39 Å². The second kappa shape index (κ2) is 7.77. The van der Waals surface area contributed by atoms with Crippen molar-refractivity contribution in [3.05, 3.63) is 65.7 Å². The number of hydrogen-bond acceptors (Lipinski definition) is 3. The lowest BCUT2D eigenvalue weighted by Gasteiger charge is -2.38. The van der Waals surface area contributed by atoms with E-state index < -0.39 is 0 Å². The van der Waals surface area contributed by atoms with Crippen LogP contribution in [0, 0.1) is 5.82 Å². The summed E-state index contributed by atoms with van der Waals surface area (Å²) >= 11 is 0. The predicted octanol–water partition coefficient (Wildman–Crippen LogP) is 3.77. The molecule has 0 saturated carbocycles. The molecule has 5 heteroatoms. The number of hydrogen-bond donors (Lipinski definition) is 0. The quantitative estimate of drug-likeness (QED) is 0.825. The van der Waals surface area contributed by atoms with E-state index in [2.05, 4.69) is 16.0 Å². The number of halogens is 1. The summed E-state index contributed by atoms with van der Waals surface area (Å²) in [5.41, 5.74) is 2.03. The van der Waals surface area contributed by atoms with E-state index in [-0.39, 0.29) is 17.3 Å². The van der Waals surface area contributed by atoms with E-state index in [1.807, 2.05) is 23.2 Å². The highest BCUT2D eigenvalue weighted by molar-refractivity contribution is 5.79. The lowest BCUT2D eigenvalue weighted by molar-refractivity contribution is -0.132. The van der Waals surface area contributed by atoms with Gasteiger partial charge in [0, 0.05) is 44.0 Å². The summed E-state index contributed by atoms with van der Waals surface area (Å²) < 4.78 is 13.6. The number of pyridine rings is 1. The van der Waals surface area contributed by atoms with Crippen LogP contribution in [0.4, 0.5) is 4.39 Å². The summed E-state index contributed by atoms with van der Waals surface area (Å²) in [6, 6.07) is 10.7. The van der Waals surface area contributed by atoms with Crippen LogP contribution in [0.3, 0.4) is 0 Å². The van der Waals surface area contributed by atoms with Crippen molar-refractivity contribution in [3.8, 4) is 0 Å². The molecule has 1 aromatic heterocycles. The highest BCUT2D eigenvalue weighted by Gasteiger charge is 2.45. The second-order valence-electron chi connectivity index (χ2n) is 7.83. The van der Waals surface area contributed by atoms with Crippen molar-refractivity contribution >= 4 is 5.91 Å². The van der Waals surface area contributed by atoms with Crippen LogP contribution >= 0.6 is 0 Å². The van der Waals surface area contributed by atoms with Gasteiger partial charge in [0.25, 0.3) is 0 Å². The molecular formula is C22H26FN3O. The Bertz CT molecular complexity index is 797. The second-order valence-corrected chi connectivity index (χ2v) is 7.83. The van der Waals surface area contributed by atoms with Gasteiger partial charge in [0.2, 0.25) is 5.91 Å². The minimum Gasteiger partial charge on any atom is -0.333 e. The largest absolute Gasteiger partial charge is 0.333 e. The average molecular weight is 367 g/mol. The first-order chi connectivity index (χ1) is 13.1. The van der Waals surface area contributed by atoms with E-state index in [0.29, 0.717) is 13.0 Å². The smallest absolute Gasteiger partial charge is 0.223 e. The molecule has 0 radical (unpaired) electrons. The van der Waals surface area contributed by atoms with Gasteiger partial charge in [0.15, 0.2) is 0 Å². The van der Waals surface area contributed by atoms with E-state index in [1.165, 1.54) is 11.6 Å². The van der Waals surface area contributed by atoms with Gasteiger partial charge < -0.3 is 4.90 Å². The predicted molar refractivity (Wildman–Crippen MR) is 102 cm³/mol. The minimum absolute atomic E-state index is 0.0763. The Morgan fingerprint density at radius 3 is 2.74 bits per heavy atom. The minimum atomic E-state index is -0.239. The number of benzene rings is 1. The summed E-state index contributed by atoms with van der Waals surface area (Å²) in [6.07, 6.45) is 8.34. The fourth-order valence-electron chi connectivity index (χ4n) is 4.61. The summed E-state index contributed by atoms with van der Waals surface area (Å²) in [7, 11) is 0. The Kier molecular flexibility index (Phi) is 5.21. The molecule has 2 fully saturated rings. The maximum atomic E-state index is 13.6. The summed E-state index contributed by atoms with van der Waals surface area (Å²) in [5, 5.41) is 0. The lowest BCUT2D eigenvalue weighted by atomic mass is 9.87. The zero-order chi connectivity index (χ0) is 18.7. The first-order valence-corrected chi connectivity index (χ1v) is 9.81. The molecular weight excluding hydrogens is 341 g/mol. The monoisotopic (exact) mass is 367 g/mol. The van der Waals surface area contributed by atoms with E-state index in [9.17, 15) is 9.18 Å². The van der Waals surface area contributed by atoms with Gasteiger partial charge in [-0.05, 0) is 61.6 Å². The molecule has 0 N–H and O–H groups in total. The number of carbonyl (C=O) groups is 1. The van der Waals surface area contributed by atoms with Crippen molar-refractivity contribution in [2.24, 2.45) is 0 Å². The zero-order valence-corrected chi connectivity index (χ0v) is 15.6. The molecule has 2 saturated heterocycles. The third-order valence-corrected chi connectivity index (χ3v) is 6.05. The molecule has 1 atom stereocenters. The molecule has 1 spiro atoms. The van der Waals surface area contributed by atoms with Gasteiger partial charge in [-0.2, -0.15) is 0 Å². The summed E-state index contributed by atoms with van der Waals surface area (Å²) in [4.78, 5) is 21.3. The number of aromatic nitrogens is 1. The SMILES string of the molecule is O=C1CC[C@@]2(CCCN(Cc3cccnc3)CC2)N1Cc1cccc(F)c1. The molecule has 1 amide bonds. The van der Waals surface area contributed by atoms with Crippen LogP contribution in [-0.4, -0.2) is 39.3 Å². The third-order valence-electron chi connectivity index (χ3n) is 6.05. The fourth-order valence-corrected chi connectivity index (χ4v) is 4.61. The molecule has 142 valence electrons. The number of nitrogens with zero attached hydrogens (tertiary/aromatic N) is 3. The molecule has 27 heavy (non-hydrogen) atoms. The van der Waals surface area contributed by atoms with Crippen LogP contribution in [0.25, 0.3) is 0 Å². The molecule has 2 aromatic rings. The molecule has 0 unspecified atom stereocenters. The van der Waals surface area contributed by atoms with Crippen molar-refractivity contribution in [3.63, 3.8) is 0 Å². The number of amides is 1. The van der Waals surface area contributed by atoms with Crippen LogP contribution in [0.15, 0.2) is 48.8 Å². The Morgan fingerprint density at radius 2 is 1.93 bits per heavy atom. The van der Waals surface area contributed by atoms with Crippen molar-refractivity contribution in [2.75, 3.05) is 13.1 Å². The third kappa shape index (κ3) is 4.03. The molecule has 2 aliphatic rings. The van der Waals surface area contributed by atoms with Gasteiger partial charge in [-0.1, -0.05) is 18.2 Å². The van der Waals surface area contributed by atoms with Crippen molar-refractivity contribution in [1.29, 1.82) is 0 Å². The van der Waals surface area contributed by atoms with Crippen LogP contribution in [0.5, 0.6) is 0 Å². The Morgan fingerprint density at radius 1 is 1.04 bits per heavy atom. The first kappa shape index (κ1) is 18.1. The van der Waals surface area contributed by atoms with Crippen LogP contribution in [-0.2, 0) is 17.9 Å². The molecule has 3 heterocycles. The highest BCUT2D eigenvalue weighted by atomic mass is 19.1. The molecule has 4 nitrogen and oxygen atoms in total. The van der Waals surface area contributed by atoms with E-state index in [1.54, 1.807) is 18.3 Å². The number of rotatable bonds is 4. The van der Waals surface area contributed by atoms with Crippen molar-refractivity contribution in [1.82, 2.24) is 14.8 Å². The van der Waals surface area contributed by atoms with Crippen LogP contribution in [0.2, 0.25) is 0 Å². The molecule has 0 bridgehead atoms. The summed E-state index contributed by atoms with van der Waals surface area (Å²) in [6.45, 7) is 3.43. The van der Waals surface area contributed by atoms with Crippen LogP contribution < -0.4 is 0 Å². The topological polar surface area (TPSA) is 36.4 Å². The van der Waals surface area contributed by atoms with E-state index in [0.717, 1.165) is 50.9 Å². The zero-order valence-electron chi connectivity index (χ0n) is 15.6. The maximum Gasteiger partial charge on any atom is 0.223 e.